The molecule has 0 amide bonds. The Bertz CT molecular complexity index is 338. The molecule has 0 saturated carbocycles. The maximum absolute atomic E-state index is 5.62. The topological polar surface area (TPSA) is 30.5 Å². The van der Waals surface area contributed by atoms with Crippen LogP contribution in [-0.2, 0) is 22.5 Å². The van der Waals surface area contributed by atoms with Crippen molar-refractivity contribution >= 4 is 0 Å². The van der Waals surface area contributed by atoms with Crippen LogP contribution in [0.1, 0.15) is 44.2 Å². The van der Waals surface area contributed by atoms with Crippen molar-refractivity contribution in [2.24, 2.45) is 0 Å². The van der Waals surface area contributed by atoms with E-state index in [0.29, 0.717) is 19.8 Å². The average molecular weight is 293 g/mol. The lowest BCUT2D eigenvalue weighted by atomic mass is 10.1. The molecule has 0 unspecified atom stereocenters. The molecule has 0 bridgehead atoms. The Morgan fingerprint density at radius 2 is 1.52 bits per heavy atom. The first-order valence-corrected chi connectivity index (χ1v) is 8.30. The van der Waals surface area contributed by atoms with Crippen molar-refractivity contribution < 1.29 is 9.47 Å². The maximum Gasteiger partial charge on any atom is 0.0718 e. The fourth-order valence-electron chi connectivity index (χ4n) is 1.99. The molecule has 1 aromatic carbocycles. The SMILES string of the molecule is CCCCOCCOCc1ccc(CCNCCC)cc1. The van der Waals surface area contributed by atoms with Crippen molar-refractivity contribution in [2.45, 2.75) is 46.1 Å². The normalized spacial score (nSPS) is 11.0. The van der Waals surface area contributed by atoms with Crippen molar-refractivity contribution in [3.05, 3.63) is 35.4 Å². The van der Waals surface area contributed by atoms with E-state index in [2.05, 4.69) is 43.4 Å². The second-order valence-electron chi connectivity index (χ2n) is 5.34. The Hall–Kier alpha value is -0.900. The molecule has 21 heavy (non-hydrogen) atoms. The Labute approximate surface area is 130 Å². The van der Waals surface area contributed by atoms with Crippen LogP contribution in [0.2, 0.25) is 0 Å². The van der Waals surface area contributed by atoms with Crippen molar-refractivity contribution in [2.75, 3.05) is 32.9 Å². The van der Waals surface area contributed by atoms with Gasteiger partial charge in [0.2, 0.25) is 0 Å². The molecule has 0 aromatic heterocycles. The highest BCUT2D eigenvalue weighted by atomic mass is 16.5. The van der Waals surface area contributed by atoms with E-state index in [4.69, 9.17) is 9.47 Å². The van der Waals surface area contributed by atoms with Crippen LogP contribution in [0.25, 0.3) is 0 Å². The molecule has 0 aliphatic rings. The lowest BCUT2D eigenvalue weighted by Gasteiger charge is -2.07. The number of nitrogens with one attached hydrogen (secondary N) is 1. The summed E-state index contributed by atoms with van der Waals surface area (Å²) < 4.78 is 11.1. The van der Waals surface area contributed by atoms with E-state index < -0.39 is 0 Å². The summed E-state index contributed by atoms with van der Waals surface area (Å²) in [6, 6.07) is 8.72. The number of hydrogen-bond acceptors (Lipinski definition) is 3. The summed E-state index contributed by atoms with van der Waals surface area (Å²) in [5.74, 6) is 0. The molecule has 0 aliphatic heterocycles. The van der Waals surface area contributed by atoms with Gasteiger partial charge in [-0.1, -0.05) is 44.5 Å². The summed E-state index contributed by atoms with van der Waals surface area (Å²) in [6.07, 6.45) is 4.60. The van der Waals surface area contributed by atoms with E-state index in [0.717, 1.165) is 32.5 Å². The van der Waals surface area contributed by atoms with E-state index in [9.17, 15) is 0 Å². The number of benzene rings is 1. The van der Waals surface area contributed by atoms with E-state index in [1.54, 1.807) is 0 Å². The first-order valence-electron chi connectivity index (χ1n) is 8.30. The van der Waals surface area contributed by atoms with Gasteiger partial charge in [0.25, 0.3) is 0 Å². The highest BCUT2D eigenvalue weighted by Crippen LogP contribution is 2.06. The molecular weight excluding hydrogens is 262 g/mol. The highest BCUT2D eigenvalue weighted by Gasteiger charge is 1.96. The molecule has 1 rings (SSSR count). The van der Waals surface area contributed by atoms with E-state index >= 15 is 0 Å². The van der Waals surface area contributed by atoms with Crippen LogP contribution in [0.5, 0.6) is 0 Å². The maximum atomic E-state index is 5.62. The minimum atomic E-state index is 0.672. The lowest BCUT2D eigenvalue weighted by Crippen LogP contribution is -2.17. The fraction of sp³-hybridized carbons (Fsp3) is 0.667. The van der Waals surface area contributed by atoms with Gasteiger partial charge in [0.1, 0.15) is 0 Å². The minimum Gasteiger partial charge on any atom is -0.379 e. The van der Waals surface area contributed by atoms with Gasteiger partial charge in [0.05, 0.1) is 19.8 Å². The largest absolute Gasteiger partial charge is 0.379 e. The first-order chi connectivity index (χ1) is 10.4. The van der Waals surface area contributed by atoms with Crippen molar-refractivity contribution in [3.8, 4) is 0 Å². The molecule has 0 atom stereocenters. The molecule has 1 aromatic rings. The molecule has 120 valence electrons. The highest BCUT2D eigenvalue weighted by molar-refractivity contribution is 5.22. The van der Waals surface area contributed by atoms with Crippen LogP contribution >= 0.6 is 0 Å². The van der Waals surface area contributed by atoms with Gasteiger partial charge in [-0.05, 0) is 43.5 Å². The van der Waals surface area contributed by atoms with Crippen molar-refractivity contribution in [3.63, 3.8) is 0 Å². The molecule has 1 N–H and O–H groups in total. The van der Waals surface area contributed by atoms with Crippen molar-refractivity contribution in [1.82, 2.24) is 5.32 Å². The van der Waals surface area contributed by atoms with E-state index in [-0.39, 0.29) is 0 Å². The summed E-state index contributed by atoms with van der Waals surface area (Å²) in [5.41, 5.74) is 2.61. The predicted octanol–water partition coefficient (Wildman–Crippen LogP) is 3.56. The van der Waals surface area contributed by atoms with E-state index in [1.807, 2.05) is 0 Å². The first kappa shape index (κ1) is 18.1. The zero-order valence-corrected chi connectivity index (χ0v) is 13.7. The third-order valence-electron chi connectivity index (χ3n) is 3.32. The summed E-state index contributed by atoms with van der Waals surface area (Å²) in [7, 11) is 0. The summed E-state index contributed by atoms with van der Waals surface area (Å²) in [5, 5.41) is 3.42. The van der Waals surface area contributed by atoms with Gasteiger partial charge < -0.3 is 14.8 Å². The van der Waals surface area contributed by atoms with Crippen LogP contribution < -0.4 is 5.32 Å². The molecule has 0 saturated heterocycles. The van der Waals surface area contributed by atoms with Crippen LogP contribution in [0.3, 0.4) is 0 Å². The lowest BCUT2D eigenvalue weighted by molar-refractivity contribution is 0.0397. The number of unbranched alkanes of at least 4 members (excludes halogenated alkanes) is 1. The monoisotopic (exact) mass is 293 g/mol. The summed E-state index contributed by atoms with van der Waals surface area (Å²) in [6.45, 7) is 9.41. The Morgan fingerprint density at radius 1 is 0.810 bits per heavy atom. The molecular formula is C18H31NO2. The Kier molecular flexibility index (Phi) is 11.1. The van der Waals surface area contributed by atoms with Crippen LogP contribution in [0.15, 0.2) is 24.3 Å². The summed E-state index contributed by atoms with van der Waals surface area (Å²) in [4.78, 5) is 0. The Balaban J connectivity index is 2.07. The molecule has 0 heterocycles. The minimum absolute atomic E-state index is 0.672. The molecule has 0 radical (unpaired) electrons. The molecule has 3 heteroatoms. The van der Waals surface area contributed by atoms with Gasteiger partial charge in [0, 0.05) is 6.61 Å². The van der Waals surface area contributed by atoms with Gasteiger partial charge in [-0.3, -0.25) is 0 Å². The third-order valence-corrected chi connectivity index (χ3v) is 3.32. The van der Waals surface area contributed by atoms with Crippen LogP contribution in [-0.4, -0.2) is 32.9 Å². The van der Waals surface area contributed by atoms with Crippen molar-refractivity contribution in [1.29, 1.82) is 0 Å². The fourth-order valence-corrected chi connectivity index (χ4v) is 1.99. The smallest absolute Gasteiger partial charge is 0.0718 e. The Morgan fingerprint density at radius 3 is 2.24 bits per heavy atom. The number of rotatable bonds is 13. The predicted molar refractivity (Wildman–Crippen MR) is 88.7 cm³/mol. The average Bonchev–Trinajstić information content (AvgIpc) is 2.52. The second-order valence-corrected chi connectivity index (χ2v) is 5.34. The van der Waals surface area contributed by atoms with Gasteiger partial charge in [-0.15, -0.1) is 0 Å². The van der Waals surface area contributed by atoms with Crippen LogP contribution in [0, 0.1) is 0 Å². The third kappa shape index (κ3) is 9.62. The second kappa shape index (κ2) is 12.8. The summed E-state index contributed by atoms with van der Waals surface area (Å²) >= 11 is 0. The van der Waals surface area contributed by atoms with Gasteiger partial charge in [0.15, 0.2) is 0 Å². The molecule has 3 nitrogen and oxygen atoms in total. The van der Waals surface area contributed by atoms with Gasteiger partial charge in [-0.25, -0.2) is 0 Å². The van der Waals surface area contributed by atoms with Gasteiger partial charge >= 0.3 is 0 Å². The number of hydrogen-bond donors (Lipinski definition) is 1. The number of ether oxygens (including phenoxy) is 2. The molecule has 0 spiro atoms. The quantitative estimate of drug-likeness (QED) is 0.564. The standard InChI is InChI=1S/C18H31NO2/c1-3-5-13-20-14-15-21-16-18-8-6-17(7-9-18)10-12-19-11-4-2/h6-9,19H,3-5,10-16H2,1-2H3. The molecule has 0 fully saturated rings. The zero-order valence-electron chi connectivity index (χ0n) is 13.7. The van der Waals surface area contributed by atoms with Gasteiger partial charge in [-0.2, -0.15) is 0 Å². The molecule has 0 aliphatic carbocycles. The van der Waals surface area contributed by atoms with Crippen LogP contribution in [0.4, 0.5) is 0 Å². The van der Waals surface area contributed by atoms with E-state index in [1.165, 1.54) is 24.0 Å². The zero-order chi connectivity index (χ0) is 15.2.